The number of piperidine rings is 1. The molecule has 2 heterocycles. The number of carbonyl (C=O) groups is 1. The van der Waals surface area contributed by atoms with E-state index in [9.17, 15) is 4.79 Å². The first-order chi connectivity index (χ1) is 9.29. The van der Waals surface area contributed by atoms with Gasteiger partial charge in [0.15, 0.2) is 0 Å². The van der Waals surface area contributed by atoms with Crippen molar-refractivity contribution < 1.29 is 4.79 Å². The lowest BCUT2D eigenvalue weighted by molar-refractivity contribution is -0.131. The number of pyridine rings is 1. The number of aromatic nitrogens is 1. The highest BCUT2D eigenvalue weighted by Crippen LogP contribution is 2.17. The van der Waals surface area contributed by atoms with Crippen LogP contribution in [0.3, 0.4) is 0 Å². The van der Waals surface area contributed by atoms with Crippen LogP contribution in [0, 0.1) is 5.92 Å². The van der Waals surface area contributed by atoms with Gasteiger partial charge >= 0.3 is 0 Å². The summed E-state index contributed by atoms with van der Waals surface area (Å²) in [6.07, 6.45) is 6.22. The van der Waals surface area contributed by atoms with E-state index in [1.54, 1.807) is 12.4 Å². The molecular formula is C15H23N3O. The van der Waals surface area contributed by atoms with Gasteiger partial charge in [-0.2, -0.15) is 0 Å². The molecule has 0 radical (unpaired) electrons. The maximum absolute atomic E-state index is 12.2. The summed E-state index contributed by atoms with van der Waals surface area (Å²) >= 11 is 0. The summed E-state index contributed by atoms with van der Waals surface area (Å²) in [6, 6.07) is 3.83. The van der Waals surface area contributed by atoms with Crippen LogP contribution in [0.25, 0.3) is 0 Å². The molecule has 1 aliphatic rings. The highest BCUT2D eigenvalue weighted by atomic mass is 16.2. The van der Waals surface area contributed by atoms with Crippen molar-refractivity contribution in [3.63, 3.8) is 0 Å². The van der Waals surface area contributed by atoms with Gasteiger partial charge in [0.2, 0.25) is 5.91 Å². The van der Waals surface area contributed by atoms with E-state index in [-0.39, 0.29) is 5.91 Å². The number of hydrogen-bond acceptors (Lipinski definition) is 3. The maximum atomic E-state index is 12.2. The quantitative estimate of drug-likeness (QED) is 0.873. The van der Waals surface area contributed by atoms with E-state index < -0.39 is 0 Å². The topological polar surface area (TPSA) is 45.2 Å². The molecule has 19 heavy (non-hydrogen) atoms. The van der Waals surface area contributed by atoms with Crippen molar-refractivity contribution in [3.8, 4) is 0 Å². The molecule has 1 amide bonds. The van der Waals surface area contributed by atoms with Gasteiger partial charge in [-0.15, -0.1) is 0 Å². The van der Waals surface area contributed by atoms with E-state index in [0.29, 0.717) is 6.42 Å². The summed E-state index contributed by atoms with van der Waals surface area (Å²) in [5, 5.41) is 3.39. The molecule has 0 aliphatic carbocycles. The van der Waals surface area contributed by atoms with Crippen LogP contribution in [0.4, 0.5) is 0 Å². The molecule has 0 spiro atoms. The van der Waals surface area contributed by atoms with E-state index in [1.165, 1.54) is 0 Å². The van der Waals surface area contributed by atoms with Gasteiger partial charge in [0.25, 0.3) is 0 Å². The maximum Gasteiger partial charge on any atom is 0.226 e. The predicted molar refractivity (Wildman–Crippen MR) is 75.8 cm³/mol. The summed E-state index contributed by atoms with van der Waals surface area (Å²) in [5.41, 5.74) is 1.05. The minimum Gasteiger partial charge on any atom is -0.342 e. The van der Waals surface area contributed by atoms with E-state index >= 15 is 0 Å². The van der Waals surface area contributed by atoms with E-state index in [4.69, 9.17) is 0 Å². The second kappa shape index (κ2) is 7.24. The van der Waals surface area contributed by atoms with E-state index in [1.807, 2.05) is 17.0 Å². The lowest BCUT2D eigenvalue weighted by atomic mass is 9.96. The molecule has 4 heteroatoms. The van der Waals surface area contributed by atoms with Crippen LogP contribution < -0.4 is 5.32 Å². The SMILES string of the molecule is CCNCC1CCN(C(=O)Cc2ccncc2)CC1. The summed E-state index contributed by atoms with van der Waals surface area (Å²) in [7, 11) is 0. The third-order valence-corrected chi connectivity index (χ3v) is 3.75. The van der Waals surface area contributed by atoms with Crippen molar-refractivity contribution in [3.05, 3.63) is 30.1 Å². The molecule has 104 valence electrons. The summed E-state index contributed by atoms with van der Waals surface area (Å²) in [5.74, 6) is 0.970. The van der Waals surface area contributed by atoms with Gasteiger partial charge in [-0.1, -0.05) is 6.92 Å². The Morgan fingerprint density at radius 2 is 2.05 bits per heavy atom. The third-order valence-electron chi connectivity index (χ3n) is 3.75. The first-order valence-corrected chi connectivity index (χ1v) is 7.17. The van der Waals surface area contributed by atoms with Crippen LogP contribution in [-0.4, -0.2) is 42.0 Å². The molecule has 1 fully saturated rings. The third kappa shape index (κ3) is 4.31. The zero-order valence-corrected chi connectivity index (χ0v) is 11.6. The molecule has 4 nitrogen and oxygen atoms in total. The Kier molecular flexibility index (Phi) is 5.33. The van der Waals surface area contributed by atoms with Crippen molar-refractivity contribution in [2.45, 2.75) is 26.2 Å². The van der Waals surface area contributed by atoms with Crippen molar-refractivity contribution in [1.29, 1.82) is 0 Å². The standard InChI is InChI=1S/C15H23N3O/c1-2-16-12-14-5-9-18(10-6-14)15(19)11-13-3-7-17-8-4-13/h3-4,7-8,14,16H,2,5-6,9-12H2,1H3. The lowest BCUT2D eigenvalue weighted by Gasteiger charge is -2.32. The van der Waals surface area contributed by atoms with Crippen LogP contribution in [0.5, 0.6) is 0 Å². The Morgan fingerprint density at radius 1 is 1.37 bits per heavy atom. The number of nitrogens with zero attached hydrogens (tertiary/aromatic N) is 2. The van der Waals surface area contributed by atoms with Gasteiger partial charge < -0.3 is 10.2 Å². The number of amides is 1. The fraction of sp³-hybridized carbons (Fsp3) is 0.600. The van der Waals surface area contributed by atoms with Crippen LogP contribution in [0.1, 0.15) is 25.3 Å². The first-order valence-electron chi connectivity index (χ1n) is 7.17. The average molecular weight is 261 g/mol. The van der Waals surface area contributed by atoms with E-state index in [2.05, 4.69) is 17.2 Å². The molecule has 0 bridgehead atoms. The predicted octanol–water partition coefficient (Wildman–Crippen LogP) is 1.47. The van der Waals surface area contributed by atoms with Gasteiger partial charge in [-0.25, -0.2) is 0 Å². The number of carbonyl (C=O) groups excluding carboxylic acids is 1. The van der Waals surface area contributed by atoms with Crippen LogP contribution in [-0.2, 0) is 11.2 Å². The molecule has 0 unspecified atom stereocenters. The molecule has 2 rings (SSSR count). The summed E-state index contributed by atoms with van der Waals surface area (Å²) in [4.78, 5) is 18.2. The molecule has 0 saturated carbocycles. The van der Waals surface area contributed by atoms with Gasteiger partial charge in [-0.3, -0.25) is 9.78 Å². The summed E-state index contributed by atoms with van der Waals surface area (Å²) in [6.45, 7) is 6.05. The molecule has 1 saturated heterocycles. The largest absolute Gasteiger partial charge is 0.342 e. The van der Waals surface area contributed by atoms with E-state index in [0.717, 1.165) is 50.5 Å². The minimum atomic E-state index is 0.244. The van der Waals surface area contributed by atoms with Gasteiger partial charge in [-0.05, 0) is 49.5 Å². The summed E-state index contributed by atoms with van der Waals surface area (Å²) < 4.78 is 0. The Bertz CT molecular complexity index is 386. The van der Waals surface area contributed by atoms with Crippen molar-refractivity contribution in [2.75, 3.05) is 26.2 Å². The normalized spacial score (nSPS) is 16.6. The fourth-order valence-electron chi connectivity index (χ4n) is 2.52. The molecule has 0 atom stereocenters. The zero-order chi connectivity index (χ0) is 13.5. The first kappa shape index (κ1) is 14.0. The Hall–Kier alpha value is -1.42. The number of hydrogen-bond donors (Lipinski definition) is 1. The van der Waals surface area contributed by atoms with Gasteiger partial charge in [0, 0.05) is 25.5 Å². The Balaban J connectivity index is 1.76. The molecule has 0 aromatic carbocycles. The lowest BCUT2D eigenvalue weighted by Crippen LogP contribution is -2.41. The van der Waals surface area contributed by atoms with Crippen molar-refractivity contribution in [2.24, 2.45) is 5.92 Å². The van der Waals surface area contributed by atoms with Crippen LogP contribution in [0.2, 0.25) is 0 Å². The number of rotatable bonds is 5. The smallest absolute Gasteiger partial charge is 0.226 e. The molecule has 1 aromatic rings. The molecule has 1 N–H and O–H groups in total. The second-order valence-corrected chi connectivity index (χ2v) is 5.16. The number of nitrogens with one attached hydrogen (secondary N) is 1. The van der Waals surface area contributed by atoms with Crippen LogP contribution >= 0.6 is 0 Å². The van der Waals surface area contributed by atoms with Gasteiger partial charge in [0.1, 0.15) is 0 Å². The Morgan fingerprint density at radius 3 is 2.68 bits per heavy atom. The fourth-order valence-corrected chi connectivity index (χ4v) is 2.52. The van der Waals surface area contributed by atoms with Crippen LogP contribution in [0.15, 0.2) is 24.5 Å². The second-order valence-electron chi connectivity index (χ2n) is 5.16. The minimum absolute atomic E-state index is 0.244. The van der Waals surface area contributed by atoms with Crippen molar-refractivity contribution >= 4 is 5.91 Å². The monoisotopic (exact) mass is 261 g/mol. The van der Waals surface area contributed by atoms with Gasteiger partial charge in [0.05, 0.1) is 6.42 Å². The number of likely N-dealkylation sites (tertiary alicyclic amines) is 1. The Labute approximate surface area is 115 Å². The molecule has 1 aromatic heterocycles. The van der Waals surface area contributed by atoms with Crippen molar-refractivity contribution in [1.82, 2.24) is 15.2 Å². The average Bonchev–Trinajstić information content (AvgIpc) is 2.46. The zero-order valence-electron chi connectivity index (χ0n) is 11.6. The molecular weight excluding hydrogens is 238 g/mol. The molecule has 1 aliphatic heterocycles. The highest BCUT2D eigenvalue weighted by Gasteiger charge is 2.22. The highest BCUT2D eigenvalue weighted by molar-refractivity contribution is 5.78.